The maximum atomic E-state index is 12.4. The van der Waals surface area contributed by atoms with E-state index in [2.05, 4.69) is 23.5 Å². The highest BCUT2D eigenvalue weighted by Crippen LogP contribution is 2.40. The van der Waals surface area contributed by atoms with Crippen molar-refractivity contribution < 1.29 is 23.7 Å². The van der Waals surface area contributed by atoms with Gasteiger partial charge < -0.3 is 24.3 Å². The third-order valence-corrected chi connectivity index (χ3v) is 5.75. The van der Waals surface area contributed by atoms with E-state index in [1.54, 1.807) is 12.1 Å². The maximum absolute atomic E-state index is 12.4. The first-order chi connectivity index (χ1) is 17.6. The molecule has 7 heteroatoms. The number of hydrogen-bond acceptors (Lipinski definition) is 6. The van der Waals surface area contributed by atoms with Gasteiger partial charge in [0, 0.05) is 35.2 Å². The highest BCUT2D eigenvalue weighted by atomic mass is 16.5. The second-order valence-electron chi connectivity index (χ2n) is 8.18. The highest BCUT2D eigenvalue weighted by Gasteiger charge is 2.14. The Balaban J connectivity index is 1.25. The topological polar surface area (TPSA) is 78.9 Å². The zero-order valence-electron chi connectivity index (χ0n) is 20.7. The molecule has 0 unspecified atom stereocenters. The molecule has 0 saturated heterocycles. The molecule has 4 aromatic rings. The number of methoxy groups -OCH3 is 3. The minimum atomic E-state index is -0.0877. The lowest BCUT2D eigenvalue weighted by Gasteiger charge is -2.14. The molecule has 0 bridgehead atoms. The predicted molar refractivity (Wildman–Crippen MR) is 141 cm³/mol. The van der Waals surface area contributed by atoms with Gasteiger partial charge in [0.15, 0.2) is 11.5 Å². The molecule has 0 saturated carbocycles. The number of nitrogens with one attached hydrogen (secondary N) is 1. The quantitative estimate of drug-likeness (QED) is 0.258. The molecule has 186 valence electrons. The summed E-state index contributed by atoms with van der Waals surface area (Å²) in [5, 5.41) is 3.91. The fourth-order valence-corrected chi connectivity index (χ4v) is 3.92. The predicted octanol–water partition coefficient (Wildman–Crippen LogP) is 6.12. The summed E-state index contributed by atoms with van der Waals surface area (Å²) in [6.45, 7) is 0.526. The number of nitrogens with zero attached hydrogens (tertiary/aromatic N) is 1. The van der Waals surface area contributed by atoms with Gasteiger partial charge in [0.1, 0.15) is 5.75 Å². The van der Waals surface area contributed by atoms with Crippen molar-refractivity contribution in [1.82, 2.24) is 4.98 Å². The number of carbonyl (C=O) groups excluding carboxylic acids is 1. The number of carbonyl (C=O) groups is 1. The van der Waals surface area contributed by atoms with Crippen molar-refractivity contribution in [3.63, 3.8) is 0 Å². The van der Waals surface area contributed by atoms with Crippen LogP contribution in [0.4, 0.5) is 5.69 Å². The number of fused-ring (bicyclic) bond motifs is 1. The molecule has 0 aliphatic rings. The molecule has 0 spiro atoms. The Labute approximate surface area is 211 Å². The first-order valence-electron chi connectivity index (χ1n) is 11.8. The van der Waals surface area contributed by atoms with Gasteiger partial charge >= 0.3 is 0 Å². The Morgan fingerprint density at radius 1 is 0.833 bits per heavy atom. The Morgan fingerprint density at radius 3 is 2.28 bits per heavy atom. The van der Waals surface area contributed by atoms with E-state index < -0.39 is 0 Å². The number of anilines is 1. The molecular formula is C29H30N2O5. The zero-order chi connectivity index (χ0) is 25.3. The summed E-state index contributed by atoms with van der Waals surface area (Å²) in [5.74, 6) is 2.16. The van der Waals surface area contributed by atoms with Crippen LogP contribution in [0.3, 0.4) is 0 Å². The smallest absolute Gasteiger partial charge is 0.224 e. The van der Waals surface area contributed by atoms with Crippen molar-refractivity contribution in [2.45, 2.75) is 19.3 Å². The normalized spacial score (nSPS) is 10.6. The van der Waals surface area contributed by atoms with Gasteiger partial charge in [-0.25, -0.2) is 4.98 Å². The van der Waals surface area contributed by atoms with Gasteiger partial charge in [-0.05, 0) is 37.1 Å². The monoisotopic (exact) mass is 486 g/mol. The number of amides is 1. The molecule has 0 atom stereocenters. The lowest BCUT2D eigenvalue weighted by molar-refractivity contribution is -0.116. The van der Waals surface area contributed by atoms with Crippen LogP contribution in [0.1, 0.15) is 19.3 Å². The van der Waals surface area contributed by atoms with Gasteiger partial charge in [-0.3, -0.25) is 4.79 Å². The van der Waals surface area contributed by atoms with Gasteiger partial charge in [-0.2, -0.15) is 0 Å². The Morgan fingerprint density at radius 2 is 1.58 bits per heavy atom. The first-order valence-corrected chi connectivity index (χ1v) is 11.8. The van der Waals surface area contributed by atoms with E-state index >= 15 is 0 Å². The number of hydrogen-bond donors (Lipinski definition) is 1. The van der Waals surface area contributed by atoms with Gasteiger partial charge in [0.2, 0.25) is 11.7 Å². The van der Waals surface area contributed by atoms with Crippen LogP contribution in [0.2, 0.25) is 0 Å². The largest absolute Gasteiger partial charge is 0.494 e. The van der Waals surface area contributed by atoms with Crippen molar-refractivity contribution in [2.24, 2.45) is 0 Å². The van der Waals surface area contributed by atoms with Crippen molar-refractivity contribution >= 4 is 22.5 Å². The SMILES string of the molecule is COc1cc(NC(=O)CCCCOc2ccc3nc(-c4ccccc4)ccc3c2)cc(OC)c1OC. The summed E-state index contributed by atoms with van der Waals surface area (Å²) in [6, 6.07) is 23.5. The third kappa shape index (κ3) is 6.05. The second kappa shape index (κ2) is 11.9. The number of aromatic nitrogens is 1. The summed E-state index contributed by atoms with van der Waals surface area (Å²) in [7, 11) is 4.62. The van der Waals surface area contributed by atoms with E-state index in [1.807, 2.05) is 42.5 Å². The minimum absolute atomic E-state index is 0.0877. The average molecular weight is 487 g/mol. The molecule has 36 heavy (non-hydrogen) atoms. The molecule has 1 aromatic heterocycles. The van der Waals surface area contributed by atoms with E-state index in [4.69, 9.17) is 23.9 Å². The van der Waals surface area contributed by atoms with Gasteiger partial charge in [0.05, 0.1) is 39.1 Å². The molecule has 1 amide bonds. The third-order valence-electron chi connectivity index (χ3n) is 5.75. The van der Waals surface area contributed by atoms with E-state index in [0.29, 0.717) is 42.4 Å². The van der Waals surface area contributed by atoms with Gasteiger partial charge in [-0.15, -0.1) is 0 Å². The van der Waals surface area contributed by atoms with E-state index in [-0.39, 0.29) is 5.91 Å². The number of unbranched alkanes of at least 4 members (excludes halogenated alkanes) is 1. The first kappa shape index (κ1) is 24.9. The molecule has 0 aliphatic heterocycles. The van der Waals surface area contributed by atoms with Crippen molar-refractivity contribution in [3.8, 4) is 34.3 Å². The van der Waals surface area contributed by atoms with E-state index in [9.17, 15) is 4.79 Å². The lowest BCUT2D eigenvalue weighted by atomic mass is 10.1. The molecular weight excluding hydrogens is 456 g/mol. The molecule has 0 radical (unpaired) electrons. The van der Waals surface area contributed by atoms with Crippen LogP contribution in [-0.2, 0) is 4.79 Å². The fraction of sp³-hybridized carbons (Fsp3) is 0.241. The van der Waals surface area contributed by atoms with Crippen molar-refractivity contribution in [1.29, 1.82) is 0 Å². The average Bonchev–Trinajstić information content (AvgIpc) is 2.92. The number of benzene rings is 3. The number of ether oxygens (including phenoxy) is 4. The molecule has 4 rings (SSSR count). The molecule has 7 nitrogen and oxygen atoms in total. The Kier molecular flexibility index (Phi) is 8.24. The number of rotatable bonds is 11. The van der Waals surface area contributed by atoms with Crippen LogP contribution >= 0.6 is 0 Å². The van der Waals surface area contributed by atoms with Crippen LogP contribution in [0.15, 0.2) is 72.8 Å². The minimum Gasteiger partial charge on any atom is -0.494 e. The highest BCUT2D eigenvalue weighted by molar-refractivity contribution is 5.91. The summed E-state index contributed by atoms with van der Waals surface area (Å²) in [6.07, 6.45) is 1.83. The second-order valence-corrected chi connectivity index (χ2v) is 8.18. The summed E-state index contributed by atoms with van der Waals surface area (Å²) in [5.41, 5.74) is 3.55. The molecule has 1 heterocycles. The summed E-state index contributed by atoms with van der Waals surface area (Å²) in [4.78, 5) is 17.2. The molecule has 1 N–H and O–H groups in total. The summed E-state index contributed by atoms with van der Waals surface area (Å²) >= 11 is 0. The maximum Gasteiger partial charge on any atom is 0.224 e. The van der Waals surface area contributed by atoms with Crippen LogP contribution in [-0.4, -0.2) is 38.8 Å². The fourth-order valence-electron chi connectivity index (χ4n) is 3.92. The van der Waals surface area contributed by atoms with Crippen LogP contribution in [0.5, 0.6) is 23.0 Å². The standard InChI is InChI=1S/C29H30N2O5/c1-33-26-18-22(19-27(34-2)29(26)35-3)30-28(32)11-7-8-16-36-23-13-15-25-21(17-23)12-14-24(31-25)20-9-5-4-6-10-20/h4-6,9-10,12-15,17-19H,7-8,11,16H2,1-3H3,(H,30,32). The van der Waals surface area contributed by atoms with Crippen LogP contribution in [0, 0.1) is 0 Å². The van der Waals surface area contributed by atoms with Crippen LogP contribution < -0.4 is 24.3 Å². The van der Waals surface area contributed by atoms with Gasteiger partial charge in [0.25, 0.3) is 0 Å². The Hall–Kier alpha value is -4.26. The van der Waals surface area contributed by atoms with E-state index in [0.717, 1.165) is 34.3 Å². The lowest BCUT2D eigenvalue weighted by Crippen LogP contribution is -2.12. The van der Waals surface area contributed by atoms with Crippen molar-refractivity contribution in [3.05, 3.63) is 72.8 Å². The number of pyridine rings is 1. The Bertz CT molecular complexity index is 1300. The molecule has 3 aromatic carbocycles. The van der Waals surface area contributed by atoms with Crippen molar-refractivity contribution in [2.75, 3.05) is 33.3 Å². The van der Waals surface area contributed by atoms with Gasteiger partial charge in [-0.1, -0.05) is 36.4 Å². The zero-order valence-corrected chi connectivity index (χ0v) is 20.7. The molecule has 0 fully saturated rings. The van der Waals surface area contributed by atoms with Crippen LogP contribution in [0.25, 0.3) is 22.2 Å². The molecule has 0 aliphatic carbocycles. The van der Waals surface area contributed by atoms with E-state index in [1.165, 1.54) is 21.3 Å². The summed E-state index contributed by atoms with van der Waals surface area (Å²) < 4.78 is 21.9.